The SMILES string of the molecule is CC1=C(O[Si](C)(C)C(C)(C)C)C[C@@H]2C(C)(C)C=CC(=O)[C@]2(C#N)C1. The predicted octanol–water partition coefficient (Wildman–Crippen LogP) is 5.37. The van der Waals surface area contributed by atoms with Gasteiger partial charge in [-0.1, -0.05) is 40.7 Å². The first-order chi connectivity index (χ1) is 10.8. The van der Waals surface area contributed by atoms with Crippen molar-refractivity contribution in [2.45, 2.75) is 72.5 Å². The summed E-state index contributed by atoms with van der Waals surface area (Å²) in [6, 6.07) is 2.39. The number of fused-ring (bicyclic) bond motifs is 1. The summed E-state index contributed by atoms with van der Waals surface area (Å²) in [6.45, 7) is 17.5. The van der Waals surface area contributed by atoms with E-state index in [0.29, 0.717) is 12.8 Å². The minimum absolute atomic E-state index is 0.0315. The smallest absolute Gasteiger partial charge is 0.250 e. The topological polar surface area (TPSA) is 50.1 Å². The van der Waals surface area contributed by atoms with Crippen molar-refractivity contribution in [1.82, 2.24) is 0 Å². The lowest BCUT2D eigenvalue weighted by Crippen LogP contribution is -2.50. The molecule has 0 unspecified atom stereocenters. The molecule has 132 valence electrons. The van der Waals surface area contributed by atoms with Gasteiger partial charge in [-0.15, -0.1) is 0 Å². The third-order valence-corrected chi connectivity index (χ3v) is 10.8. The van der Waals surface area contributed by atoms with Gasteiger partial charge in [0.25, 0.3) is 0 Å². The fraction of sp³-hybridized carbons (Fsp3) is 0.700. The van der Waals surface area contributed by atoms with E-state index in [0.717, 1.165) is 11.3 Å². The summed E-state index contributed by atoms with van der Waals surface area (Å²) in [7, 11) is -1.93. The van der Waals surface area contributed by atoms with E-state index in [-0.39, 0.29) is 22.2 Å². The first-order valence-corrected chi connectivity index (χ1v) is 11.7. The highest BCUT2D eigenvalue weighted by atomic mass is 28.4. The van der Waals surface area contributed by atoms with E-state index in [1.165, 1.54) is 0 Å². The molecule has 0 saturated heterocycles. The lowest BCUT2D eigenvalue weighted by atomic mass is 9.53. The maximum absolute atomic E-state index is 12.6. The van der Waals surface area contributed by atoms with Gasteiger partial charge in [0.2, 0.25) is 8.32 Å². The zero-order valence-electron chi connectivity index (χ0n) is 16.4. The van der Waals surface area contributed by atoms with Crippen LogP contribution in [0, 0.1) is 28.1 Å². The highest BCUT2D eigenvalue weighted by Crippen LogP contribution is 2.55. The van der Waals surface area contributed by atoms with Gasteiger partial charge in [0.05, 0.1) is 11.8 Å². The second-order valence-electron chi connectivity index (χ2n) is 9.60. The van der Waals surface area contributed by atoms with Crippen LogP contribution in [0.15, 0.2) is 23.5 Å². The zero-order chi connectivity index (χ0) is 18.6. The summed E-state index contributed by atoms with van der Waals surface area (Å²) < 4.78 is 6.60. The molecule has 0 radical (unpaired) electrons. The van der Waals surface area contributed by atoms with Crippen molar-refractivity contribution in [2.24, 2.45) is 16.7 Å². The number of allylic oxidation sites excluding steroid dienone is 4. The van der Waals surface area contributed by atoms with Crippen LogP contribution in [0.3, 0.4) is 0 Å². The van der Waals surface area contributed by atoms with Gasteiger partial charge in [0, 0.05) is 12.3 Å². The van der Waals surface area contributed by atoms with Gasteiger partial charge in [-0.05, 0) is 48.5 Å². The van der Waals surface area contributed by atoms with E-state index in [2.05, 4.69) is 53.8 Å². The Labute approximate surface area is 147 Å². The Hall–Kier alpha value is -1.34. The Morgan fingerprint density at radius 3 is 2.42 bits per heavy atom. The molecule has 0 heterocycles. The lowest BCUT2D eigenvalue weighted by Gasteiger charge is -2.49. The van der Waals surface area contributed by atoms with Gasteiger partial charge >= 0.3 is 0 Å². The number of ketones is 1. The largest absolute Gasteiger partial charge is 0.547 e. The first kappa shape index (κ1) is 19.0. The van der Waals surface area contributed by atoms with Crippen LogP contribution in [0.25, 0.3) is 0 Å². The van der Waals surface area contributed by atoms with Gasteiger partial charge in [-0.3, -0.25) is 4.79 Å². The minimum atomic E-state index is -1.93. The van der Waals surface area contributed by atoms with Crippen molar-refractivity contribution in [3.63, 3.8) is 0 Å². The Bertz CT molecular complexity index is 658. The number of hydrogen-bond donors (Lipinski definition) is 0. The van der Waals surface area contributed by atoms with Crippen molar-refractivity contribution in [3.05, 3.63) is 23.5 Å². The molecule has 3 nitrogen and oxygen atoms in total. The van der Waals surface area contributed by atoms with Crippen LogP contribution < -0.4 is 0 Å². The third kappa shape index (κ3) is 2.88. The highest BCUT2D eigenvalue weighted by molar-refractivity contribution is 6.74. The zero-order valence-corrected chi connectivity index (χ0v) is 17.4. The second-order valence-corrected chi connectivity index (χ2v) is 14.3. The van der Waals surface area contributed by atoms with Crippen LogP contribution in [-0.4, -0.2) is 14.1 Å². The number of carbonyl (C=O) groups is 1. The van der Waals surface area contributed by atoms with E-state index in [1.54, 1.807) is 6.08 Å². The maximum atomic E-state index is 12.6. The number of nitriles is 1. The van der Waals surface area contributed by atoms with E-state index in [4.69, 9.17) is 4.43 Å². The molecule has 0 bridgehead atoms. The van der Waals surface area contributed by atoms with Crippen molar-refractivity contribution in [2.75, 3.05) is 0 Å². The van der Waals surface area contributed by atoms with E-state index in [9.17, 15) is 10.1 Å². The average Bonchev–Trinajstić information content (AvgIpc) is 2.43. The first-order valence-electron chi connectivity index (χ1n) is 8.79. The van der Waals surface area contributed by atoms with E-state index >= 15 is 0 Å². The van der Waals surface area contributed by atoms with E-state index in [1.807, 2.05) is 13.0 Å². The van der Waals surface area contributed by atoms with Gasteiger partial charge in [0.15, 0.2) is 5.78 Å². The molecule has 2 aliphatic rings. The van der Waals surface area contributed by atoms with Crippen LogP contribution in [0.1, 0.15) is 54.4 Å². The van der Waals surface area contributed by atoms with E-state index < -0.39 is 13.7 Å². The molecule has 24 heavy (non-hydrogen) atoms. The van der Waals surface area contributed by atoms with Gasteiger partial charge < -0.3 is 4.43 Å². The Balaban J connectivity index is 2.46. The average molecular weight is 346 g/mol. The van der Waals surface area contributed by atoms with Gasteiger partial charge in [-0.25, -0.2) is 0 Å². The molecule has 0 fully saturated rings. The summed E-state index contributed by atoms with van der Waals surface area (Å²) in [4.78, 5) is 12.6. The molecule has 2 rings (SSSR count). The van der Waals surface area contributed by atoms with Crippen molar-refractivity contribution in [3.8, 4) is 6.07 Å². The number of rotatable bonds is 2. The molecular weight excluding hydrogens is 314 g/mol. The van der Waals surface area contributed by atoms with Crippen LogP contribution in [-0.2, 0) is 9.22 Å². The highest BCUT2D eigenvalue weighted by Gasteiger charge is 2.56. The van der Waals surface area contributed by atoms with Crippen LogP contribution >= 0.6 is 0 Å². The number of nitrogens with zero attached hydrogens (tertiary/aromatic N) is 1. The maximum Gasteiger partial charge on any atom is 0.250 e. The van der Waals surface area contributed by atoms with Crippen molar-refractivity contribution < 1.29 is 9.22 Å². The molecule has 0 aromatic rings. The quantitative estimate of drug-likeness (QED) is 0.632. The molecule has 2 atom stereocenters. The predicted molar refractivity (Wildman–Crippen MR) is 99.7 cm³/mol. The summed E-state index contributed by atoms with van der Waals surface area (Å²) in [6.07, 6.45) is 4.76. The van der Waals surface area contributed by atoms with Crippen LogP contribution in [0.4, 0.5) is 0 Å². The summed E-state index contributed by atoms with van der Waals surface area (Å²) in [5, 5.41) is 10.0. The standard InChI is InChI=1S/C20H31NO2Si/c1-14-12-20(13-21)16(19(5,6)10-9-17(20)22)11-15(14)23-24(7,8)18(2,3)4/h9-10,16H,11-12H2,1-8H3/t16-,20+/m1/s1. The second kappa shape index (κ2) is 5.59. The Kier molecular flexibility index (Phi) is 4.42. The fourth-order valence-electron chi connectivity index (χ4n) is 3.65. The monoisotopic (exact) mass is 345 g/mol. The fourth-order valence-corrected chi connectivity index (χ4v) is 4.83. The minimum Gasteiger partial charge on any atom is -0.547 e. The summed E-state index contributed by atoms with van der Waals surface area (Å²) in [5.74, 6) is 0.949. The molecular formula is C20H31NO2Si. The molecule has 0 amide bonds. The molecule has 2 aliphatic carbocycles. The molecule has 0 saturated carbocycles. The third-order valence-electron chi connectivity index (χ3n) is 6.39. The Morgan fingerprint density at radius 1 is 1.33 bits per heavy atom. The van der Waals surface area contributed by atoms with Crippen molar-refractivity contribution in [1.29, 1.82) is 5.26 Å². The van der Waals surface area contributed by atoms with Crippen LogP contribution in [0.5, 0.6) is 0 Å². The molecule has 0 aromatic heterocycles. The normalized spacial score (nSPS) is 30.0. The number of carbonyl (C=O) groups excluding carboxylic acids is 1. The number of hydrogen-bond acceptors (Lipinski definition) is 3. The summed E-state index contributed by atoms with van der Waals surface area (Å²) >= 11 is 0. The van der Waals surface area contributed by atoms with Crippen LogP contribution in [0.2, 0.25) is 18.1 Å². The molecule has 4 heteroatoms. The van der Waals surface area contributed by atoms with Crippen molar-refractivity contribution >= 4 is 14.1 Å². The van der Waals surface area contributed by atoms with Gasteiger partial charge in [-0.2, -0.15) is 5.26 Å². The van der Waals surface area contributed by atoms with Gasteiger partial charge in [0.1, 0.15) is 5.41 Å². The molecule has 0 aromatic carbocycles. The lowest BCUT2D eigenvalue weighted by molar-refractivity contribution is -0.127. The molecule has 0 spiro atoms. The summed E-state index contributed by atoms with van der Waals surface area (Å²) in [5.41, 5.74) is -0.0493. The Morgan fingerprint density at radius 2 is 1.92 bits per heavy atom. The molecule has 0 N–H and O–H groups in total. The molecule has 0 aliphatic heterocycles.